The topological polar surface area (TPSA) is 77.9 Å². The molecule has 0 bridgehead atoms. The van der Waals surface area contributed by atoms with Gasteiger partial charge in [0.15, 0.2) is 0 Å². The van der Waals surface area contributed by atoms with Crippen molar-refractivity contribution in [1.29, 1.82) is 0 Å². The zero-order valence-corrected chi connectivity index (χ0v) is 14.5. The van der Waals surface area contributed by atoms with E-state index in [4.69, 9.17) is 0 Å². The fourth-order valence-electron chi connectivity index (χ4n) is 3.82. The number of carbonyl (C=O) groups is 3. The number of anilines is 1. The van der Waals surface area contributed by atoms with Crippen molar-refractivity contribution in [1.82, 2.24) is 4.90 Å². The van der Waals surface area contributed by atoms with Crippen molar-refractivity contribution in [2.24, 2.45) is 11.8 Å². The van der Waals surface area contributed by atoms with Gasteiger partial charge >= 0.3 is 5.97 Å². The van der Waals surface area contributed by atoms with Gasteiger partial charge in [-0.25, -0.2) is 0 Å². The van der Waals surface area contributed by atoms with E-state index in [9.17, 15) is 19.5 Å². The lowest BCUT2D eigenvalue weighted by atomic mass is 9.96. The highest BCUT2D eigenvalue weighted by Gasteiger charge is 2.39. The van der Waals surface area contributed by atoms with Crippen LogP contribution in [0, 0.1) is 11.8 Å². The van der Waals surface area contributed by atoms with Gasteiger partial charge in [-0.1, -0.05) is 25.1 Å². The van der Waals surface area contributed by atoms with Crippen molar-refractivity contribution in [2.45, 2.75) is 32.6 Å². The van der Waals surface area contributed by atoms with Crippen LogP contribution < -0.4 is 4.90 Å². The molecule has 1 N–H and O–H groups in total. The van der Waals surface area contributed by atoms with Crippen molar-refractivity contribution in [3.8, 4) is 0 Å². The molecule has 6 nitrogen and oxygen atoms in total. The van der Waals surface area contributed by atoms with Crippen LogP contribution in [0.1, 0.15) is 31.7 Å². The van der Waals surface area contributed by atoms with E-state index in [1.807, 2.05) is 31.2 Å². The summed E-state index contributed by atoms with van der Waals surface area (Å²) in [5, 5.41) is 9.19. The summed E-state index contributed by atoms with van der Waals surface area (Å²) in [6.07, 6.45) is 2.33. The molecule has 2 aliphatic rings. The lowest BCUT2D eigenvalue weighted by Crippen LogP contribution is -2.45. The number of piperidine rings is 1. The highest BCUT2D eigenvalue weighted by molar-refractivity contribution is 6.00. The first-order valence-electron chi connectivity index (χ1n) is 8.91. The zero-order chi connectivity index (χ0) is 18.0. The standard InChI is InChI=1S/C19H24N2O4/c1-2-13-6-3-4-8-16(13)21-12-15(10-17(21)22)18(23)20-9-5-7-14(11-20)19(24)25/h3-4,6,8,14-15H,2,5,7,9-12H2,1H3,(H,24,25)/t14-,15+/m1/s1. The summed E-state index contributed by atoms with van der Waals surface area (Å²) in [7, 11) is 0. The number of carboxylic acid groups (broad SMARTS) is 1. The largest absolute Gasteiger partial charge is 0.481 e. The molecule has 0 aromatic heterocycles. The molecule has 2 saturated heterocycles. The number of carboxylic acids is 1. The Morgan fingerprint density at radius 1 is 1.20 bits per heavy atom. The van der Waals surface area contributed by atoms with Crippen LogP contribution >= 0.6 is 0 Å². The van der Waals surface area contributed by atoms with E-state index in [0.717, 1.165) is 17.7 Å². The fourth-order valence-corrected chi connectivity index (χ4v) is 3.82. The Hall–Kier alpha value is -2.37. The van der Waals surface area contributed by atoms with Crippen LogP contribution in [0.3, 0.4) is 0 Å². The number of amides is 2. The SMILES string of the molecule is CCc1ccccc1N1C[C@@H](C(=O)N2CCC[C@@H](C(=O)O)C2)CC1=O. The average molecular weight is 344 g/mol. The summed E-state index contributed by atoms with van der Waals surface area (Å²) in [6.45, 7) is 3.26. The predicted molar refractivity (Wildman–Crippen MR) is 93.2 cm³/mol. The summed E-state index contributed by atoms with van der Waals surface area (Å²) in [6, 6.07) is 7.77. The Balaban J connectivity index is 1.71. The first kappa shape index (κ1) is 17.5. The molecular weight excluding hydrogens is 320 g/mol. The Morgan fingerprint density at radius 2 is 1.96 bits per heavy atom. The molecule has 3 rings (SSSR count). The molecular formula is C19H24N2O4. The van der Waals surface area contributed by atoms with Gasteiger partial charge in [0.25, 0.3) is 0 Å². The highest BCUT2D eigenvalue weighted by Crippen LogP contribution is 2.30. The van der Waals surface area contributed by atoms with E-state index in [1.54, 1.807) is 9.80 Å². The van der Waals surface area contributed by atoms with Gasteiger partial charge in [-0.05, 0) is 30.9 Å². The number of aliphatic carboxylic acids is 1. The molecule has 2 heterocycles. The van der Waals surface area contributed by atoms with Gasteiger partial charge in [0.2, 0.25) is 11.8 Å². The number of aryl methyl sites for hydroxylation is 1. The van der Waals surface area contributed by atoms with Crippen molar-refractivity contribution in [3.63, 3.8) is 0 Å². The molecule has 2 atom stereocenters. The van der Waals surface area contributed by atoms with E-state index in [1.165, 1.54) is 0 Å². The van der Waals surface area contributed by atoms with E-state index in [0.29, 0.717) is 25.9 Å². The molecule has 25 heavy (non-hydrogen) atoms. The van der Waals surface area contributed by atoms with Crippen LogP contribution in [0.25, 0.3) is 0 Å². The number of carbonyl (C=O) groups excluding carboxylic acids is 2. The number of hydrogen-bond acceptors (Lipinski definition) is 3. The zero-order valence-electron chi connectivity index (χ0n) is 14.5. The normalized spacial score (nSPS) is 23.8. The Kier molecular flexibility index (Phi) is 5.06. The summed E-state index contributed by atoms with van der Waals surface area (Å²) < 4.78 is 0. The number of benzene rings is 1. The minimum Gasteiger partial charge on any atom is -0.481 e. The first-order chi connectivity index (χ1) is 12.0. The molecule has 0 aliphatic carbocycles. The summed E-state index contributed by atoms with van der Waals surface area (Å²) in [5.41, 5.74) is 1.97. The van der Waals surface area contributed by atoms with Gasteiger partial charge in [0.05, 0.1) is 11.8 Å². The third-order valence-electron chi connectivity index (χ3n) is 5.22. The van der Waals surface area contributed by atoms with Crippen LogP contribution in [0.2, 0.25) is 0 Å². The van der Waals surface area contributed by atoms with Gasteiger partial charge in [-0.3, -0.25) is 14.4 Å². The molecule has 2 fully saturated rings. The smallest absolute Gasteiger partial charge is 0.308 e. The van der Waals surface area contributed by atoms with Gasteiger partial charge < -0.3 is 14.9 Å². The average Bonchev–Trinajstić information content (AvgIpc) is 3.02. The first-order valence-corrected chi connectivity index (χ1v) is 8.91. The molecule has 0 spiro atoms. The van der Waals surface area contributed by atoms with Gasteiger partial charge in [-0.15, -0.1) is 0 Å². The third kappa shape index (κ3) is 3.52. The maximum Gasteiger partial charge on any atom is 0.308 e. The molecule has 2 amide bonds. The lowest BCUT2D eigenvalue weighted by molar-refractivity contribution is -0.146. The van der Waals surface area contributed by atoms with E-state index in [2.05, 4.69) is 0 Å². The Bertz CT molecular complexity index is 688. The Labute approximate surface area is 147 Å². The summed E-state index contributed by atoms with van der Waals surface area (Å²) >= 11 is 0. The number of nitrogens with zero attached hydrogens (tertiary/aromatic N) is 2. The third-order valence-corrected chi connectivity index (χ3v) is 5.22. The molecule has 0 unspecified atom stereocenters. The number of likely N-dealkylation sites (tertiary alicyclic amines) is 1. The van der Waals surface area contributed by atoms with Crippen molar-refractivity contribution in [2.75, 3.05) is 24.5 Å². The van der Waals surface area contributed by atoms with Crippen LogP contribution in [0.4, 0.5) is 5.69 Å². The molecule has 0 saturated carbocycles. The second kappa shape index (κ2) is 7.25. The predicted octanol–water partition coefficient (Wildman–Crippen LogP) is 1.93. The minimum atomic E-state index is -0.849. The van der Waals surface area contributed by atoms with Gasteiger partial charge in [-0.2, -0.15) is 0 Å². The van der Waals surface area contributed by atoms with E-state index in [-0.39, 0.29) is 30.7 Å². The quantitative estimate of drug-likeness (QED) is 0.905. The number of para-hydroxylation sites is 1. The maximum absolute atomic E-state index is 12.8. The highest BCUT2D eigenvalue weighted by atomic mass is 16.4. The number of rotatable bonds is 4. The summed E-state index contributed by atoms with van der Waals surface area (Å²) in [4.78, 5) is 39.8. The van der Waals surface area contributed by atoms with Crippen LogP contribution in [0.15, 0.2) is 24.3 Å². The second-order valence-corrected chi connectivity index (χ2v) is 6.85. The monoisotopic (exact) mass is 344 g/mol. The fraction of sp³-hybridized carbons (Fsp3) is 0.526. The molecule has 6 heteroatoms. The van der Waals surface area contributed by atoms with Crippen molar-refractivity contribution < 1.29 is 19.5 Å². The molecule has 2 aliphatic heterocycles. The molecule has 1 aromatic rings. The van der Waals surface area contributed by atoms with Crippen molar-refractivity contribution >= 4 is 23.5 Å². The second-order valence-electron chi connectivity index (χ2n) is 6.85. The van der Waals surface area contributed by atoms with Gasteiger partial charge in [0.1, 0.15) is 0 Å². The Morgan fingerprint density at radius 3 is 2.68 bits per heavy atom. The van der Waals surface area contributed by atoms with E-state index < -0.39 is 11.9 Å². The van der Waals surface area contributed by atoms with Crippen molar-refractivity contribution in [3.05, 3.63) is 29.8 Å². The molecule has 0 radical (unpaired) electrons. The van der Waals surface area contributed by atoms with Crippen LogP contribution in [-0.2, 0) is 20.8 Å². The van der Waals surface area contributed by atoms with Crippen LogP contribution in [0.5, 0.6) is 0 Å². The minimum absolute atomic E-state index is 0.0361. The summed E-state index contributed by atoms with van der Waals surface area (Å²) in [5.74, 6) is -1.85. The molecule has 1 aromatic carbocycles. The maximum atomic E-state index is 12.8. The molecule has 134 valence electrons. The van der Waals surface area contributed by atoms with Crippen LogP contribution in [-0.4, -0.2) is 47.4 Å². The van der Waals surface area contributed by atoms with Gasteiger partial charge in [0, 0.05) is 31.7 Å². The number of hydrogen-bond donors (Lipinski definition) is 1. The van der Waals surface area contributed by atoms with E-state index >= 15 is 0 Å². The lowest BCUT2D eigenvalue weighted by Gasteiger charge is -2.32.